The first-order valence-electron chi connectivity index (χ1n) is 21.9. The minimum Gasteiger partial charge on any atom is -0.382 e. The number of benzene rings is 1. The van der Waals surface area contributed by atoms with Gasteiger partial charge in [-0.15, -0.1) is 0 Å². The van der Waals surface area contributed by atoms with E-state index in [0.29, 0.717) is 12.2 Å². The van der Waals surface area contributed by atoms with E-state index in [-0.39, 0.29) is 5.75 Å². The van der Waals surface area contributed by atoms with Gasteiger partial charge in [-0.3, -0.25) is 0 Å². The Hall–Kier alpha value is -1.07. The molecule has 0 saturated carbocycles. The summed E-state index contributed by atoms with van der Waals surface area (Å²) in [6, 6.07) is 4.27. The van der Waals surface area contributed by atoms with Gasteiger partial charge in [0.1, 0.15) is 5.75 Å². The van der Waals surface area contributed by atoms with E-state index in [1.54, 1.807) is 0 Å². The molecular weight excluding hydrogens is 635 g/mol. The van der Waals surface area contributed by atoms with Crippen LogP contribution in [-0.2, 0) is 16.5 Å². The average Bonchev–Trinajstić information content (AvgIpc) is 3.06. The molecule has 0 radical (unpaired) electrons. The summed E-state index contributed by atoms with van der Waals surface area (Å²) in [5.41, 5.74) is 3.16. The van der Waals surface area contributed by atoms with Gasteiger partial charge in [0, 0.05) is 6.42 Å². The Bertz CT molecular complexity index is 1010. The van der Waals surface area contributed by atoms with Crippen LogP contribution in [-0.4, -0.2) is 45.8 Å². The minimum absolute atomic E-state index is 0.0765. The predicted octanol–water partition coefficient (Wildman–Crippen LogP) is 14.0. The fourth-order valence-electron chi connectivity index (χ4n) is 7.52. The number of hydrogen-bond donors (Lipinski definition) is 0. The first kappa shape index (κ1) is 47.0. The molecule has 0 aromatic heterocycles. The predicted molar refractivity (Wildman–Crippen MR) is 221 cm³/mol. The lowest BCUT2D eigenvalue weighted by Crippen LogP contribution is -2.42. The van der Waals surface area contributed by atoms with Gasteiger partial charge in [-0.05, 0) is 56.2 Å². The van der Waals surface area contributed by atoms with E-state index in [2.05, 4.69) is 40.1 Å². The van der Waals surface area contributed by atoms with Gasteiger partial charge in [-0.25, -0.2) is 0 Å². The highest BCUT2D eigenvalue weighted by Crippen LogP contribution is 2.28. The minimum atomic E-state index is -3.62. The molecule has 294 valence electrons. The van der Waals surface area contributed by atoms with Crippen LogP contribution >= 0.6 is 0 Å². The molecule has 50 heavy (non-hydrogen) atoms. The molecule has 0 heterocycles. The van der Waals surface area contributed by atoms with E-state index in [1.807, 2.05) is 13.8 Å². The van der Waals surface area contributed by atoms with Crippen molar-refractivity contribution in [3.05, 3.63) is 28.8 Å². The Kier molecular flexibility index (Phi) is 28.5. The van der Waals surface area contributed by atoms with E-state index in [0.717, 1.165) is 35.1 Å². The number of hydrogen-bond acceptors (Lipinski definition) is 3. The summed E-state index contributed by atoms with van der Waals surface area (Å²) in [6.45, 7) is 10.5. The van der Waals surface area contributed by atoms with Crippen molar-refractivity contribution in [3.63, 3.8) is 0 Å². The summed E-state index contributed by atoms with van der Waals surface area (Å²) in [5.74, 6) is 0.610. The molecule has 0 amide bonds. The van der Waals surface area contributed by atoms with E-state index in [9.17, 15) is 8.42 Å². The topological polar surface area (TPSA) is 43.4 Å². The van der Waals surface area contributed by atoms with Gasteiger partial charge in [0.05, 0.1) is 32.9 Å². The van der Waals surface area contributed by atoms with Crippen molar-refractivity contribution in [1.82, 2.24) is 0 Å². The van der Waals surface area contributed by atoms with Crippen molar-refractivity contribution in [3.8, 4) is 5.75 Å². The summed E-state index contributed by atoms with van der Waals surface area (Å²) in [7, 11) is 0.857. The molecule has 0 aliphatic carbocycles. The number of quaternary nitrogens is 1. The molecule has 0 saturated heterocycles. The summed E-state index contributed by atoms with van der Waals surface area (Å²) in [6.07, 6.45) is 40.2. The lowest BCUT2D eigenvalue weighted by Gasteiger charge is -2.29. The Labute approximate surface area is 314 Å². The molecule has 0 atom stereocenters. The smallest absolute Gasteiger partial charge is 0.309 e. The van der Waals surface area contributed by atoms with Crippen LogP contribution in [0.3, 0.4) is 0 Å². The molecule has 1 aromatic carbocycles. The third kappa shape index (κ3) is 26.7. The fraction of sp³-hybridized carbons (Fsp3) is 0.867. The molecule has 1 rings (SSSR count). The van der Waals surface area contributed by atoms with Crippen LogP contribution in [0, 0.1) is 13.8 Å². The Morgan fingerprint density at radius 1 is 0.480 bits per heavy atom. The van der Waals surface area contributed by atoms with Gasteiger partial charge in [0.25, 0.3) is 0 Å². The second kappa shape index (κ2) is 30.4. The van der Waals surface area contributed by atoms with Gasteiger partial charge in [0.15, 0.2) is 0 Å². The molecule has 0 N–H and O–H groups in total. The van der Waals surface area contributed by atoms with Crippen LogP contribution in [0.5, 0.6) is 5.75 Å². The largest absolute Gasteiger partial charge is 0.382 e. The second-order valence-corrected chi connectivity index (χ2v) is 18.3. The van der Waals surface area contributed by atoms with Gasteiger partial charge in [-0.1, -0.05) is 187 Å². The summed E-state index contributed by atoms with van der Waals surface area (Å²) in [4.78, 5) is 0. The zero-order chi connectivity index (χ0) is 36.8. The average molecular weight is 721 g/mol. The lowest BCUT2D eigenvalue weighted by atomic mass is 10.00. The summed E-state index contributed by atoms with van der Waals surface area (Å²) in [5, 5.41) is 0. The first-order chi connectivity index (χ1) is 24.1. The Balaban J connectivity index is 2.17. The zero-order valence-corrected chi connectivity index (χ0v) is 35.4. The standard InChI is InChI=1S/C45H86NO3S/c1-7-9-11-13-15-17-19-21-23-25-27-29-31-33-36-44-40-42(3)45(43(4)41-44)49-50(47,48)39-35-38-46(5,6)37-34-32-30-28-26-24-22-20-18-16-14-12-10-8-2/h40-41H,7-39H2,1-6H3/q+1. The molecular formula is C45H86NO3S+. The molecule has 0 aliphatic heterocycles. The maximum atomic E-state index is 13.0. The van der Waals surface area contributed by atoms with Crippen molar-refractivity contribution in [1.29, 1.82) is 0 Å². The Morgan fingerprint density at radius 3 is 1.18 bits per heavy atom. The third-order valence-corrected chi connectivity index (χ3v) is 12.0. The highest BCUT2D eigenvalue weighted by Gasteiger charge is 2.20. The van der Waals surface area contributed by atoms with E-state index in [4.69, 9.17) is 4.18 Å². The molecule has 0 unspecified atom stereocenters. The van der Waals surface area contributed by atoms with Crippen molar-refractivity contribution < 1.29 is 17.1 Å². The fourth-order valence-corrected chi connectivity index (χ4v) is 8.61. The molecule has 0 spiro atoms. The highest BCUT2D eigenvalue weighted by atomic mass is 32.2. The summed E-state index contributed by atoms with van der Waals surface area (Å²) >= 11 is 0. The van der Waals surface area contributed by atoms with Crippen LogP contribution in [0.1, 0.15) is 217 Å². The number of aryl methyl sites for hydroxylation is 3. The van der Waals surface area contributed by atoms with Gasteiger partial charge in [-0.2, -0.15) is 8.42 Å². The monoisotopic (exact) mass is 721 g/mol. The van der Waals surface area contributed by atoms with Gasteiger partial charge >= 0.3 is 10.1 Å². The van der Waals surface area contributed by atoms with E-state index >= 15 is 0 Å². The van der Waals surface area contributed by atoms with E-state index in [1.165, 1.54) is 185 Å². The molecule has 0 aliphatic rings. The normalized spacial score (nSPS) is 12.2. The van der Waals surface area contributed by atoms with Gasteiger partial charge in [0.2, 0.25) is 0 Å². The first-order valence-corrected chi connectivity index (χ1v) is 23.5. The number of nitrogens with zero attached hydrogens (tertiary/aromatic N) is 1. The van der Waals surface area contributed by atoms with Crippen LogP contribution in [0.2, 0.25) is 0 Å². The van der Waals surface area contributed by atoms with Crippen LogP contribution in [0.25, 0.3) is 0 Å². The maximum Gasteiger partial charge on any atom is 0.309 e. The number of unbranched alkanes of at least 4 members (excludes halogenated alkanes) is 26. The van der Waals surface area contributed by atoms with Crippen LogP contribution in [0.15, 0.2) is 12.1 Å². The highest BCUT2D eigenvalue weighted by molar-refractivity contribution is 7.87. The molecule has 1 aromatic rings. The summed E-state index contributed by atoms with van der Waals surface area (Å²) < 4.78 is 32.5. The van der Waals surface area contributed by atoms with Crippen molar-refractivity contribution >= 4 is 10.1 Å². The second-order valence-electron chi connectivity index (χ2n) is 16.6. The van der Waals surface area contributed by atoms with Crippen LogP contribution in [0.4, 0.5) is 0 Å². The molecule has 4 nitrogen and oxygen atoms in total. The molecule has 0 fully saturated rings. The SMILES string of the molecule is CCCCCCCCCCCCCCCCc1cc(C)c(OS(=O)(=O)CCC[N+](C)(C)CCCCCCCCCCCCCCCC)c(C)c1. The van der Waals surface area contributed by atoms with Gasteiger partial charge < -0.3 is 8.67 Å². The zero-order valence-electron chi connectivity index (χ0n) is 34.6. The van der Waals surface area contributed by atoms with Crippen molar-refractivity contribution in [2.75, 3.05) is 32.9 Å². The quantitative estimate of drug-likeness (QED) is 0.0394. The van der Waals surface area contributed by atoms with E-state index < -0.39 is 10.1 Å². The van der Waals surface area contributed by atoms with Crippen LogP contribution < -0.4 is 4.18 Å². The lowest BCUT2D eigenvalue weighted by molar-refractivity contribution is -0.890. The van der Waals surface area contributed by atoms with Crippen molar-refractivity contribution in [2.45, 2.75) is 220 Å². The number of rotatable bonds is 36. The Morgan fingerprint density at radius 2 is 0.800 bits per heavy atom. The van der Waals surface area contributed by atoms with Crippen molar-refractivity contribution in [2.24, 2.45) is 0 Å². The molecule has 5 heteroatoms. The molecule has 0 bridgehead atoms. The maximum absolute atomic E-state index is 13.0. The third-order valence-electron chi connectivity index (χ3n) is 10.8.